The summed E-state index contributed by atoms with van der Waals surface area (Å²) in [6.45, 7) is 2.44. The van der Waals surface area contributed by atoms with Gasteiger partial charge in [0.05, 0.1) is 22.4 Å². The lowest BCUT2D eigenvalue weighted by Gasteiger charge is -2.07. The molecular weight excluding hydrogens is 368 g/mol. The van der Waals surface area contributed by atoms with Crippen molar-refractivity contribution in [3.63, 3.8) is 0 Å². The van der Waals surface area contributed by atoms with E-state index in [1.54, 1.807) is 43.8 Å². The highest BCUT2D eigenvalue weighted by atomic mass is 19.3. The molecule has 0 aliphatic rings. The van der Waals surface area contributed by atoms with Crippen molar-refractivity contribution >= 4 is 22.7 Å². The van der Waals surface area contributed by atoms with Crippen molar-refractivity contribution in [3.8, 4) is 5.75 Å². The van der Waals surface area contributed by atoms with Crippen molar-refractivity contribution < 1.29 is 18.3 Å². The quantitative estimate of drug-likeness (QED) is 0.538. The first-order valence-electron chi connectivity index (χ1n) is 8.47. The van der Waals surface area contributed by atoms with Crippen LogP contribution in [0.3, 0.4) is 0 Å². The van der Waals surface area contributed by atoms with Crippen LogP contribution < -0.4 is 10.2 Å². The average Bonchev–Trinajstić information content (AvgIpc) is 2.92. The number of carbonyl (C=O) groups excluding carboxylic acids is 1. The molecule has 9 heteroatoms. The molecule has 3 rings (SSSR count). The molecule has 1 amide bonds. The minimum Gasteiger partial charge on any atom is -0.435 e. The van der Waals surface area contributed by atoms with E-state index in [2.05, 4.69) is 25.3 Å². The van der Waals surface area contributed by atoms with Gasteiger partial charge < -0.3 is 4.74 Å². The molecule has 1 N–H and O–H groups in total. The summed E-state index contributed by atoms with van der Waals surface area (Å²) in [6, 6.07) is 7.69. The molecule has 7 nitrogen and oxygen atoms in total. The van der Waals surface area contributed by atoms with Gasteiger partial charge in [-0.05, 0) is 56.7 Å². The van der Waals surface area contributed by atoms with Crippen LogP contribution in [-0.2, 0) is 7.05 Å². The molecule has 0 fully saturated rings. The number of rotatable bonds is 5. The molecule has 0 saturated carbocycles. The second kappa shape index (κ2) is 7.71. The van der Waals surface area contributed by atoms with Crippen LogP contribution in [0.15, 0.2) is 35.4 Å². The van der Waals surface area contributed by atoms with Gasteiger partial charge in [-0.1, -0.05) is 0 Å². The van der Waals surface area contributed by atoms with Crippen LogP contribution in [0, 0.1) is 13.8 Å². The Morgan fingerprint density at radius 1 is 1.25 bits per heavy atom. The number of nitrogens with one attached hydrogen (secondary N) is 1. The number of hydrogen-bond donors (Lipinski definition) is 1. The van der Waals surface area contributed by atoms with E-state index >= 15 is 0 Å². The summed E-state index contributed by atoms with van der Waals surface area (Å²) < 4.78 is 30.4. The van der Waals surface area contributed by atoms with E-state index in [4.69, 9.17) is 0 Å². The highest BCUT2D eigenvalue weighted by Crippen LogP contribution is 2.21. The van der Waals surface area contributed by atoms with Crippen LogP contribution in [0.4, 0.5) is 8.78 Å². The van der Waals surface area contributed by atoms with Crippen molar-refractivity contribution in [1.82, 2.24) is 20.2 Å². The Bertz CT molecular complexity index is 1060. The fourth-order valence-corrected chi connectivity index (χ4v) is 2.89. The van der Waals surface area contributed by atoms with Gasteiger partial charge >= 0.3 is 6.61 Å². The highest BCUT2D eigenvalue weighted by molar-refractivity contribution is 6.07. The number of benzene rings is 1. The molecule has 0 atom stereocenters. The topological polar surface area (TPSA) is 81.4 Å². The predicted octanol–water partition coefficient (Wildman–Crippen LogP) is 3.34. The molecule has 3 aromatic rings. The molecule has 1 aromatic carbocycles. The molecule has 2 aromatic heterocycles. The van der Waals surface area contributed by atoms with Gasteiger partial charge in [-0.15, -0.1) is 0 Å². The Hall–Kier alpha value is -3.36. The van der Waals surface area contributed by atoms with Crippen molar-refractivity contribution in [3.05, 3.63) is 52.8 Å². The van der Waals surface area contributed by atoms with Crippen molar-refractivity contribution in [2.24, 2.45) is 12.1 Å². The molecule has 0 spiro atoms. The SMILES string of the molecule is CC(=NNC(=O)c1cc(C)nc2c1c(C)nn2C)c1ccc(OC(F)F)cc1. The van der Waals surface area contributed by atoms with Gasteiger partial charge in [-0.3, -0.25) is 9.48 Å². The molecule has 0 unspecified atom stereocenters. The largest absolute Gasteiger partial charge is 0.435 e. The first-order chi connectivity index (χ1) is 13.3. The number of alkyl halides is 2. The fourth-order valence-electron chi connectivity index (χ4n) is 2.89. The van der Waals surface area contributed by atoms with Crippen LogP contribution >= 0.6 is 0 Å². The zero-order valence-corrected chi connectivity index (χ0v) is 15.8. The number of hydrazone groups is 1. The second-order valence-electron chi connectivity index (χ2n) is 6.26. The van der Waals surface area contributed by atoms with Crippen molar-refractivity contribution in [2.75, 3.05) is 0 Å². The van der Waals surface area contributed by atoms with Crippen molar-refractivity contribution in [1.29, 1.82) is 0 Å². The molecule has 0 aliphatic heterocycles. The molecule has 146 valence electrons. The van der Waals surface area contributed by atoms with Gasteiger partial charge in [-0.25, -0.2) is 10.4 Å². The number of ether oxygens (including phenoxy) is 1. The predicted molar refractivity (Wildman–Crippen MR) is 101 cm³/mol. The maximum Gasteiger partial charge on any atom is 0.387 e. The van der Waals surface area contributed by atoms with Crippen LogP contribution in [-0.4, -0.2) is 33.0 Å². The lowest BCUT2D eigenvalue weighted by Crippen LogP contribution is -2.20. The second-order valence-corrected chi connectivity index (χ2v) is 6.26. The molecule has 0 radical (unpaired) electrons. The Kier molecular flexibility index (Phi) is 5.34. The van der Waals surface area contributed by atoms with Crippen LogP contribution in [0.25, 0.3) is 11.0 Å². The van der Waals surface area contributed by atoms with E-state index in [0.29, 0.717) is 39.3 Å². The van der Waals surface area contributed by atoms with Gasteiger partial charge in [0, 0.05) is 12.7 Å². The Morgan fingerprint density at radius 2 is 1.93 bits per heavy atom. The van der Waals surface area contributed by atoms with E-state index in [-0.39, 0.29) is 11.7 Å². The smallest absolute Gasteiger partial charge is 0.387 e. The molecule has 2 heterocycles. The van der Waals surface area contributed by atoms with Gasteiger partial charge in [-0.2, -0.15) is 19.0 Å². The summed E-state index contributed by atoms with van der Waals surface area (Å²) in [7, 11) is 1.77. The van der Waals surface area contributed by atoms with Gasteiger partial charge in [0.15, 0.2) is 5.65 Å². The summed E-state index contributed by atoms with van der Waals surface area (Å²) in [5, 5.41) is 9.11. The number of amides is 1. The molecule has 0 saturated heterocycles. The molecule has 28 heavy (non-hydrogen) atoms. The van der Waals surface area contributed by atoms with E-state index in [9.17, 15) is 13.6 Å². The minimum absolute atomic E-state index is 0.0530. The van der Waals surface area contributed by atoms with E-state index < -0.39 is 6.61 Å². The number of fused-ring (bicyclic) bond motifs is 1. The molecule has 0 aliphatic carbocycles. The summed E-state index contributed by atoms with van der Waals surface area (Å²) in [4.78, 5) is 17.1. The zero-order valence-electron chi connectivity index (χ0n) is 15.8. The number of halogens is 2. The number of aromatic nitrogens is 3. The fraction of sp³-hybridized carbons (Fsp3) is 0.263. The van der Waals surface area contributed by atoms with E-state index in [1.165, 1.54) is 12.1 Å². The minimum atomic E-state index is -2.88. The third kappa shape index (κ3) is 3.98. The summed E-state index contributed by atoms with van der Waals surface area (Å²) in [5.41, 5.74) is 6.16. The Labute approximate surface area is 160 Å². The Morgan fingerprint density at radius 3 is 2.57 bits per heavy atom. The number of pyridine rings is 1. The lowest BCUT2D eigenvalue weighted by atomic mass is 10.1. The van der Waals surface area contributed by atoms with Crippen LogP contribution in [0.1, 0.15) is 34.2 Å². The number of nitrogens with zero attached hydrogens (tertiary/aromatic N) is 4. The first-order valence-corrected chi connectivity index (χ1v) is 8.47. The first kappa shape index (κ1) is 19.4. The maximum atomic E-state index is 12.7. The maximum absolute atomic E-state index is 12.7. The zero-order chi connectivity index (χ0) is 20.4. The monoisotopic (exact) mass is 387 g/mol. The highest BCUT2D eigenvalue weighted by Gasteiger charge is 2.17. The lowest BCUT2D eigenvalue weighted by molar-refractivity contribution is -0.0498. The molecule has 0 bridgehead atoms. The third-order valence-electron chi connectivity index (χ3n) is 4.16. The number of aryl methyl sites for hydroxylation is 3. The van der Waals surface area contributed by atoms with Gasteiger partial charge in [0.2, 0.25) is 0 Å². The summed E-state index contributed by atoms with van der Waals surface area (Å²) in [5.74, 6) is -0.333. The van der Waals surface area contributed by atoms with Gasteiger partial charge in [0.1, 0.15) is 5.75 Å². The van der Waals surface area contributed by atoms with Gasteiger partial charge in [0.25, 0.3) is 5.91 Å². The summed E-state index contributed by atoms with van der Waals surface area (Å²) in [6.07, 6.45) is 0. The van der Waals surface area contributed by atoms with E-state index in [1.807, 2.05) is 6.92 Å². The number of hydrogen-bond acceptors (Lipinski definition) is 5. The van der Waals surface area contributed by atoms with Crippen molar-refractivity contribution in [2.45, 2.75) is 27.4 Å². The standard InChI is InChI=1S/C19H19F2N5O2/c1-10-9-15(16-12(3)25-26(4)17(16)22-10)18(27)24-23-11(2)13-5-7-14(8-6-13)28-19(20)21/h5-9,19H,1-4H3,(H,24,27). The third-order valence-corrected chi connectivity index (χ3v) is 4.16. The Balaban J connectivity index is 1.82. The number of carbonyl (C=O) groups is 1. The van der Waals surface area contributed by atoms with E-state index in [0.717, 1.165) is 0 Å². The normalized spacial score (nSPS) is 11.9. The summed E-state index contributed by atoms with van der Waals surface area (Å²) >= 11 is 0. The average molecular weight is 387 g/mol. The molecular formula is C19H19F2N5O2. The van der Waals surface area contributed by atoms with Crippen LogP contribution in [0.5, 0.6) is 5.75 Å². The van der Waals surface area contributed by atoms with Crippen LogP contribution in [0.2, 0.25) is 0 Å².